The molecule has 2 fully saturated rings. The lowest BCUT2D eigenvalue weighted by Crippen LogP contribution is -2.55. The molecule has 256 valence electrons. The summed E-state index contributed by atoms with van der Waals surface area (Å²) >= 11 is 0. The highest BCUT2D eigenvalue weighted by atomic mass is 19.1. The number of ketones is 1. The molecule has 2 heterocycles. The number of ether oxygens (including phenoxy) is 2. The highest BCUT2D eigenvalue weighted by Gasteiger charge is 2.50. The van der Waals surface area contributed by atoms with E-state index in [-0.39, 0.29) is 42.5 Å². The Labute approximate surface area is 290 Å². The van der Waals surface area contributed by atoms with Crippen LogP contribution in [0.1, 0.15) is 48.9 Å². The van der Waals surface area contributed by atoms with E-state index in [2.05, 4.69) is 13.2 Å². The molecule has 2 saturated heterocycles. The summed E-state index contributed by atoms with van der Waals surface area (Å²) in [5, 5.41) is 0. The normalized spacial score (nSPS) is 19.7. The van der Waals surface area contributed by atoms with Crippen molar-refractivity contribution in [2.24, 2.45) is 11.8 Å². The molecule has 2 amide bonds. The van der Waals surface area contributed by atoms with Crippen molar-refractivity contribution in [1.82, 2.24) is 0 Å². The van der Waals surface area contributed by atoms with Gasteiger partial charge in [-0.25, -0.2) is 8.78 Å². The number of carbonyl (C=O) groups is 3. The van der Waals surface area contributed by atoms with Gasteiger partial charge in [-0.15, -0.1) is 0 Å². The first-order chi connectivity index (χ1) is 24.3. The summed E-state index contributed by atoms with van der Waals surface area (Å²) < 4.78 is 38.6. The molecule has 2 aliphatic rings. The minimum absolute atomic E-state index is 0.0371. The van der Waals surface area contributed by atoms with Gasteiger partial charge in [-0.3, -0.25) is 14.4 Å². The zero-order valence-corrected chi connectivity index (χ0v) is 27.6. The fraction of sp³-hybridized carbons (Fsp3) is 0.244. The summed E-state index contributed by atoms with van der Waals surface area (Å²) in [4.78, 5) is 43.6. The minimum atomic E-state index is -0.446. The molecular formula is C41H38F2N2O5. The summed E-state index contributed by atoms with van der Waals surface area (Å²) in [5.41, 5.74) is 2.91. The van der Waals surface area contributed by atoms with Crippen molar-refractivity contribution < 1.29 is 32.6 Å². The number of amides is 2. The average molecular weight is 677 g/mol. The quantitative estimate of drug-likeness (QED) is 0.0882. The molecule has 0 N–H and O–H groups in total. The molecule has 0 bridgehead atoms. The maximum absolute atomic E-state index is 13.7. The van der Waals surface area contributed by atoms with Gasteiger partial charge in [0.25, 0.3) is 0 Å². The summed E-state index contributed by atoms with van der Waals surface area (Å²) in [5.74, 6) is -0.660. The molecule has 0 radical (unpaired) electrons. The third-order valence-electron chi connectivity index (χ3n) is 9.28. The van der Waals surface area contributed by atoms with Gasteiger partial charge in [-0.2, -0.15) is 0 Å². The number of hydrogen-bond acceptors (Lipinski definition) is 5. The third kappa shape index (κ3) is 7.22. The first-order valence-corrected chi connectivity index (χ1v) is 16.7. The number of halogens is 2. The van der Waals surface area contributed by atoms with Gasteiger partial charge in [-0.05, 0) is 96.8 Å². The monoisotopic (exact) mass is 676 g/mol. The number of rotatable bonds is 16. The van der Waals surface area contributed by atoms with Gasteiger partial charge in [0.15, 0.2) is 0 Å². The maximum Gasteiger partial charge on any atom is 0.233 e. The van der Waals surface area contributed by atoms with Crippen LogP contribution in [0.25, 0.3) is 0 Å². The van der Waals surface area contributed by atoms with Gasteiger partial charge in [0.1, 0.15) is 42.1 Å². The van der Waals surface area contributed by atoms with Crippen LogP contribution in [0.5, 0.6) is 11.5 Å². The van der Waals surface area contributed by atoms with E-state index in [1.165, 1.54) is 24.3 Å². The SMILES string of the molecule is C=CCOc1ccc(C2C(CCC(=O)CCC3C(=O)N(c4ccc(F)cc4)C3c3ccc(OCC=C)cc3)C(=O)N2c2ccc(F)cc2)cc1. The zero-order valence-electron chi connectivity index (χ0n) is 27.6. The van der Waals surface area contributed by atoms with Crippen molar-refractivity contribution >= 4 is 29.0 Å². The molecule has 6 rings (SSSR count). The van der Waals surface area contributed by atoms with E-state index in [9.17, 15) is 23.2 Å². The van der Waals surface area contributed by atoms with Gasteiger partial charge in [0, 0.05) is 24.2 Å². The lowest BCUT2D eigenvalue weighted by atomic mass is 9.77. The molecule has 0 aromatic heterocycles. The Bertz CT molecular complexity index is 1710. The van der Waals surface area contributed by atoms with Crippen LogP contribution >= 0.6 is 0 Å². The number of β-lactam (4-membered cyclic amide) rings is 2. The Hall–Kier alpha value is -5.57. The molecule has 2 aliphatic heterocycles. The van der Waals surface area contributed by atoms with E-state index in [0.717, 1.165) is 11.1 Å². The Morgan fingerprint density at radius 2 is 0.960 bits per heavy atom. The van der Waals surface area contributed by atoms with Crippen LogP contribution in [-0.2, 0) is 14.4 Å². The van der Waals surface area contributed by atoms with Gasteiger partial charge in [0.05, 0.1) is 23.9 Å². The number of hydrogen-bond donors (Lipinski definition) is 0. The van der Waals surface area contributed by atoms with Crippen LogP contribution in [0, 0.1) is 23.5 Å². The maximum atomic E-state index is 13.7. The predicted molar refractivity (Wildman–Crippen MR) is 188 cm³/mol. The highest BCUT2D eigenvalue weighted by Crippen LogP contribution is 2.47. The third-order valence-corrected chi connectivity index (χ3v) is 9.28. The molecule has 4 atom stereocenters. The number of nitrogens with zero attached hydrogens (tertiary/aromatic N) is 2. The van der Waals surface area contributed by atoms with Gasteiger partial charge in [-0.1, -0.05) is 49.6 Å². The van der Waals surface area contributed by atoms with E-state index in [1.54, 1.807) is 46.2 Å². The number of carbonyl (C=O) groups excluding carboxylic acids is 3. The molecule has 0 aliphatic carbocycles. The second-order valence-electron chi connectivity index (χ2n) is 12.4. The van der Waals surface area contributed by atoms with Crippen LogP contribution in [0.4, 0.5) is 20.2 Å². The second-order valence-corrected chi connectivity index (χ2v) is 12.4. The Kier molecular flexibility index (Phi) is 10.5. The minimum Gasteiger partial charge on any atom is -0.490 e. The van der Waals surface area contributed by atoms with E-state index in [4.69, 9.17) is 9.47 Å². The van der Waals surface area contributed by atoms with Crippen molar-refractivity contribution in [3.8, 4) is 11.5 Å². The molecule has 0 saturated carbocycles. The Morgan fingerprint density at radius 1 is 0.600 bits per heavy atom. The molecule has 7 nitrogen and oxygen atoms in total. The van der Waals surface area contributed by atoms with Gasteiger partial charge in [0.2, 0.25) is 11.8 Å². The number of Topliss-reactive ketones (excluding diaryl/α,β-unsaturated/α-hetero) is 1. The molecular weight excluding hydrogens is 638 g/mol. The first-order valence-electron chi connectivity index (χ1n) is 16.7. The smallest absolute Gasteiger partial charge is 0.233 e. The number of anilines is 2. The topological polar surface area (TPSA) is 76.1 Å². The molecule has 4 unspecified atom stereocenters. The lowest BCUT2D eigenvalue weighted by Gasteiger charge is -2.48. The van der Waals surface area contributed by atoms with Crippen LogP contribution < -0.4 is 19.3 Å². The van der Waals surface area contributed by atoms with E-state index in [0.29, 0.717) is 48.9 Å². The first kappa shape index (κ1) is 34.3. The number of benzene rings is 4. The summed E-state index contributed by atoms with van der Waals surface area (Å²) in [6.07, 6.45) is 4.33. The fourth-order valence-electron chi connectivity index (χ4n) is 6.79. The van der Waals surface area contributed by atoms with Crippen LogP contribution in [0.3, 0.4) is 0 Å². The highest BCUT2D eigenvalue weighted by molar-refractivity contribution is 6.04. The van der Waals surface area contributed by atoms with E-state index in [1.807, 2.05) is 48.5 Å². The van der Waals surface area contributed by atoms with Crippen LogP contribution in [0.15, 0.2) is 122 Å². The van der Waals surface area contributed by atoms with Gasteiger partial charge >= 0.3 is 0 Å². The van der Waals surface area contributed by atoms with E-state index >= 15 is 0 Å². The van der Waals surface area contributed by atoms with Gasteiger partial charge < -0.3 is 19.3 Å². The molecule has 4 aromatic rings. The van der Waals surface area contributed by atoms with Crippen molar-refractivity contribution in [3.05, 3.63) is 145 Å². The summed E-state index contributed by atoms with van der Waals surface area (Å²) in [7, 11) is 0. The molecule has 4 aromatic carbocycles. The average Bonchev–Trinajstić information content (AvgIpc) is 3.13. The fourth-order valence-corrected chi connectivity index (χ4v) is 6.79. The summed E-state index contributed by atoms with van der Waals surface area (Å²) in [6, 6.07) is 25.8. The molecule has 0 spiro atoms. The lowest BCUT2D eigenvalue weighted by molar-refractivity contribution is -0.131. The van der Waals surface area contributed by atoms with Crippen molar-refractivity contribution in [1.29, 1.82) is 0 Å². The molecule has 9 heteroatoms. The van der Waals surface area contributed by atoms with Crippen LogP contribution in [-0.4, -0.2) is 30.8 Å². The summed E-state index contributed by atoms with van der Waals surface area (Å²) in [6.45, 7) is 8.06. The van der Waals surface area contributed by atoms with Crippen molar-refractivity contribution in [2.45, 2.75) is 37.8 Å². The van der Waals surface area contributed by atoms with Crippen molar-refractivity contribution in [2.75, 3.05) is 23.0 Å². The van der Waals surface area contributed by atoms with Crippen LogP contribution in [0.2, 0.25) is 0 Å². The zero-order chi connectivity index (χ0) is 35.2. The Morgan fingerprint density at radius 3 is 1.30 bits per heavy atom. The standard InChI is InChI=1S/C41H38F2N2O5/c1-3-25-49-34-19-5-27(6-20-34)38-36(40(47)44(38)31-13-9-29(42)10-14-31)23-17-33(46)18-24-37-39(28-7-21-35(22-8-28)50-26-4-2)45(41(37)48)32-15-11-30(43)12-16-32/h3-16,19-22,36-39H,1-2,17-18,23-26H2. The Balaban J connectivity index is 1.13. The predicted octanol–water partition coefficient (Wildman–Crippen LogP) is 8.33. The second kappa shape index (κ2) is 15.3. The van der Waals surface area contributed by atoms with E-state index < -0.39 is 23.5 Å². The largest absolute Gasteiger partial charge is 0.490 e. The molecule has 50 heavy (non-hydrogen) atoms. The van der Waals surface area contributed by atoms with Crippen molar-refractivity contribution in [3.63, 3.8) is 0 Å².